The van der Waals surface area contributed by atoms with Crippen molar-refractivity contribution in [2.75, 3.05) is 0 Å². The molecule has 0 bridgehead atoms. The predicted octanol–water partition coefficient (Wildman–Crippen LogP) is 11.4. The predicted molar refractivity (Wildman–Crippen MR) is 213 cm³/mol. The lowest BCUT2D eigenvalue weighted by Crippen LogP contribution is -2.81. The van der Waals surface area contributed by atoms with E-state index in [0.29, 0.717) is 6.54 Å². The molecule has 1 heterocycles. The molecular formula is C47H32BF20NO. The molecule has 0 N–H and O–H groups in total. The standard InChI is InChI=1S/C24BF20.C23H32NO/c26-5-1(6(27)14(35)21(42)13(5)34)25(2-7(28)15(36)22(43)16(37)8(2)29,3-9(30)17(38)23(44)18(39)10(3)31)4-11(32)19(40)24(45)20(41)12(4)33;1-2-3-4-5-6-7-8-12-17-22-18-13-14-19-24(22)20-23(25)21-15-10-9-11-16-21/h;9-11,13-16,18-19H,2-8,12,17,20H2,1H3/q-1;+1. The summed E-state index contributed by atoms with van der Waals surface area (Å²) >= 11 is 0. The van der Waals surface area contributed by atoms with Crippen LogP contribution in [-0.2, 0) is 13.0 Å². The zero-order valence-electron chi connectivity index (χ0n) is 35.8. The maximum atomic E-state index is 15.4. The van der Waals surface area contributed by atoms with E-state index in [1.165, 1.54) is 57.1 Å². The normalized spacial score (nSPS) is 11.6. The molecule has 0 aliphatic heterocycles. The van der Waals surface area contributed by atoms with Crippen molar-refractivity contribution in [3.05, 3.63) is 182 Å². The highest BCUT2D eigenvalue weighted by Crippen LogP contribution is 2.31. The smallest absolute Gasteiger partial charge is 0.227 e. The first-order valence-electron chi connectivity index (χ1n) is 20.8. The minimum absolute atomic E-state index is 0.175. The van der Waals surface area contributed by atoms with Crippen molar-refractivity contribution in [2.45, 2.75) is 71.3 Å². The molecule has 0 atom stereocenters. The number of hydrogen-bond donors (Lipinski definition) is 0. The van der Waals surface area contributed by atoms with E-state index in [1.54, 1.807) is 0 Å². The number of unbranched alkanes of at least 4 members (excludes halogenated alkanes) is 7. The summed E-state index contributed by atoms with van der Waals surface area (Å²) in [7, 11) is 0. The first-order valence-corrected chi connectivity index (χ1v) is 20.8. The van der Waals surface area contributed by atoms with Crippen molar-refractivity contribution in [1.29, 1.82) is 0 Å². The van der Waals surface area contributed by atoms with Crippen LogP contribution >= 0.6 is 0 Å². The molecule has 6 rings (SSSR count). The zero-order valence-corrected chi connectivity index (χ0v) is 35.8. The average Bonchev–Trinajstić information content (AvgIpc) is 3.35. The van der Waals surface area contributed by atoms with Crippen LogP contribution in [0.1, 0.15) is 74.3 Å². The molecule has 0 aliphatic rings. The van der Waals surface area contributed by atoms with Gasteiger partial charge in [-0.3, -0.25) is 4.79 Å². The second-order valence-corrected chi connectivity index (χ2v) is 15.6. The largest absolute Gasteiger partial charge is 0.287 e. The zero-order chi connectivity index (χ0) is 52.1. The van der Waals surface area contributed by atoms with Crippen molar-refractivity contribution < 1.29 is 97.2 Å². The monoisotopic (exact) mass is 1020 g/mol. The topological polar surface area (TPSA) is 20.9 Å². The molecule has 70 heavy (non-hydrogen) atoms. The second-order valence-electron chi connectivity index (χ2n) is 15.6. The maximum absolute atomic E-state index is 15.4. The lowest BCUT2D eigenvalue weighted by molar-refractivity contribution is -0.690. The molecule has 0 spiro atoms. The van der Waals surface area contributed by atoms with Gasteiger partial charge in [0.25, 0.3) is 0 Å². The van der Waals surface area contributed by atoms with E-state index in [-0.39, 0.29) is 5.78 Å². The Morgan fingerprint density at radius 3 is 0.986 bits per heavy atom. The Morgan fingerprint density at radius 1 is 0.371 bits per heavy atom. The number of aryl methyl sites for hydroxylation is 1. The first-order chi connectivity index (χ1) is 33.0. The summed E-state index contributed by atoms with van der Waals surface area (Å²) in [5.74, 6) is -71.2. The van der Waals surface area contributed by atoms with Gasteiger partial charge in [0.15, 0.2) is 81.7 Å². The van der Waals surface area contributed by atoms with Crippen molar-refractivity contribution in [2.24, 2.45) is 0 Å². The Kier molecular flexibility index (Phi) is 17.6. The van der Waals surface area contributed by atoms with Gasteiger partial charge < -0.3 is 0 Å². The molecule has 0 amide bonds. The lowest BCUT2D eigenvalue weighted by atomic mass is 9.12. The van der Waals surface area contributed by atoms with Gasteiger partial charge in [-0.2, -0.15) is 4.57 Å². The number of nitrogens with zero attached hydrogens (tertiary/aromatic N) is 1. The fourth-order valence-corrected chi connectivity index (χ4v) is 8.08. The van der Waals surface area contributed by atoms with Crippen molar-refractivity contribution in [1.82, 2.24) is 0 Å². The van der Waals surface area contributed by atoms with Crippen LogP contribution in [0, 0.1) is 116 Å². The second kappa shape index (κ2) is 22.6. The number of carbonyl (C=O) groups is 1. The number of hydrogen-bond acceptors (Lipinski definition) is 1. The summed E-state index contributed by atoms with van der Waals surface area (Å²) < 4.78 is 296. The van der Waals surface area contributed by atoms with Crippen LogP contribution in [0.25, 0.3) is 0 Å². The van der Waals surface area contributed by atoms with Crippen LogP contribution in [0.15, 0.2) is 54.7 Å². The third kappa shape index (κ3) is 9.97. The molecule has 374 valence electrons. The average molecular weight is 1020 g/mol. The fourth-order valence-electron chi connectivity index (χ4n) is 8.08. The molecule has 23 heteroatoms. The molecule has 0 saturated carbocycles. The third-order valence-electron chi connectivity index (χ3n) is 11.4. The Labute approximate surface area is 384 Å². The van der Waals surface area contributed by atoms with Gasteiger partial charge >= 0.3 is 0 Å². The molecule has 5 aromatic carbocycles. The van der Waals surface area contributed by atoms with Crippen LogP contribution in [-0.4, -0.2) is 11.9 Å². The van der Waals surface area contributed by atoms with Gasteiger partial charge in [0.05, 0.1) is 0 Å². The van der Waals surface area contributed by atoms with E-state index >= 15 is 35.1 Å². The van der Waals surface area contributed by atoms with Crippen molar-refractivity contribution in [3.63, 3.8) is 0 Å². The van der Waals surface area contributed by atoms with Gasteiger partial charge in [-0.15, -0.1) is 21.9 Å². The van der Waals surface area contributed by atoms with Crippen molar-refractivity contribution >= 4 is 33.8 Å². The van der Waals surface area contributed by atoms with Gasteiger partial charge in [-0.25, -0.2) is 87.8 Å². The van der Waals surface area contributed by atoms with Gasteiger partial charge in [0.2, 0.25) is 12.3 Å². The summed E-state index contributed by atoms with van der Waals surface area (Å²) in [5, 5.41) is 0. The van der Waals surface area contributed by atoms with E-state index in [4.69, 9.17) is 0 Å². The molecule has 2 nitrogen and oxygen atoms in total. The van der Waals surface area contributed by atoms with Gasteiger partial charge in [-0.05, 0) is 6.42 Å². The maximum Gasteiger partial charge on any atom is 0.227 e. The Hall–Kier alpha value is -6.42. The number of aromatic nitrogens is 1. The molecule has 0 saturated heterocycles. The first kappa shape index (κ1) is 54.5. The highest BCUT2D eigenvalue weighted by atomic mass is 19.2. The molecule has 6 aromatic rings. The highest BCUT2D eigenvalue weighted by molar-refractivity contribution is 7.20. The highest BCUT2D eigenvalue weighted by Gasteiger charge is 2.52. The van der Waals surface area contributed by atoms with Crippen LogP contribution in [0.4, 0.5) is 87.8 Å². The summed E-state index contributed by atoms with van der Waals surface area (Å²) in [6, 6.07) is 15.8. The van der Waals surface area contributed by atoms with E-state index in [2.05, 4.69) is 23.6 Å². The SMILES string of the molecule is CCCCCCCCCCc1cccc[n+]1CC(=O)c1ccccc1.Fc1c(F)c(F)c([B-](c2c(F)c(F)c(F)c(F)c2F)(c2c(F)c(F)c(F)c(F)c2F)c2c(F)c(F)c(F)c(F)c2F)c(F)c1F. The summed E-state index contributed by atoms with van der Waals surface area (Å²) in [5.41, 5.74) is -12.3. The number of ketones is 1. The van der Waals surface area contributed by atoms with Crippen LogP contribution in [0.3, 0.4) is 0 Å². The summed E-state index contributed by atoms with van der Waals surface area (Å²) in [6.45, 7) is 2.69. The molecule has 0 aliphatic carbocycles. The lowest BCUT2D eigenvalue weighted by Gasteiger charge is -2.44. The summed E-state index contributed by atoms with van der Waals surface area (Å²) in [6.07, 6.45) is 6.51. The molecule has 1 aromatic heterocycles. The van der Waals surface area contributed by atoms with E-state index < -0.39 is 144 Å². The summed E-state index contributed by atoms with van der Waals surface area (Å²) in [4.78, 5) is 12.4. The number of halogens is 20. The molecule has 0 fully saturated rings. The number of Topliss-reactive ketones (excluding diaryl/α,β-unsaturated/α-hetero) is 1. The van der Waals surface area contributed by atoms with Crippen LogP contribution < -0.4 is 26.4 Å². The van der Waals surface area contributed by atoms with E-state index in [9.17, 15) is 57.5 Å². The van der Waals surface area contributed by atoms with Crippen molar-refractivity contribution in [3.8, 4) is 0 Å². The molecular weight excluding hydrogens is 985 g/mol. The Bertz CT molecular complexity index is 2550. The number of benzene rings is 5. The number of carbonyl (C=O) groups excluding carboxylic acids is 1. The Balaban J connectivity index is 0.000000308. The van der Waals surface area contributed by atoms with Gasteiger partial charge in [0, 0.05) is 24.1 Å². The minimum Gasteiger partial charge on any atom is -0.287 e. The van der Waals surface area contributed by atoms with Gasteiger partial charge in [0.1, 0.15) is 52.7 Å². The van der Waals surface area contributed by atoms with Crippen LogP contribution in [0.5, 0.6) is 0 Å². The molecule has 0 unspecified atom stereocenters. The third-order valence-corrected chi connectivity index (χ3v) is 11.4. The Morgan fingerprint density at radius 2 is 0.657 bits per heavy atom. The number of rotatable bonds is 16. The van der Waals surface area contributed by atoms with E-state index in [0.717, 1.165) is 12.0 Å². The molecule has 0 radical (unpaired) electrons. The van der Waals surface area contributed by atoms with Crippen LogP contribution in [0.2, 0.25) is 0 Å². The fraction of sp³-hybridized carbons (Fsp3) is 0.234. The quantitative estimate of drug-likeness (QED) is 0.0180. The minimum atomic E-state index is -7.22. The van der Waals surface area contributed by atoms with Gasteiger partial charge in [-0.1, -0.05) is 88.3 Å². The van der Waals surface area contributed by atoms with E-state index in [1.807, 2.05) is 42.6 Å². The number of pyridine rings is 1.